The smallest absolute Gasteiger partial charge is 0.251 e. The van der Waals surface area contributed by atoms with Gasteiger partial charge in [0.25, 0.3) is 5.91 Å². The lowest BCUT2D eigenvalue weighted by Gasteiger charge is -2.26. The van der Waals surface area contributed by atoms with Crippen molar-refractivity contribution in [3.05, 3.63) is 35.9 Å². The normalized spacial score (nSPS) is 15.2. The number of nitrogens with zero attached hydrogens (tertiary/aromatic N) is 1. The molecule has 2 rings (SSSR count). The van der Waals surface area contributed by atoms with Gasteiger partial charge in [0.05, 0.1) is 6.54 Å². The summed E-state index contributed by atoms with van der Waals surface area (Å²) in [7, 11) is 0. The van der Waals surface area contributed by atoms with Crippen molar-refractivity contribution in [1.82, 2.24) is 15.5 Å². The summed E-state index contributed by atoms with van der Waals surface area (Å²) in [5.74, 6) is -0.273. The molecule has 1 aromatic rings. The van der Waals surface area contributed by atoms with E-state index in [2.05, 4.69) is 17.6 Å². The van der Waals surface area contributed by atoms with Gasteiger partial charge >= 0.3 is 0 Å². The maximum absolute atomic E-state index is 11.9. The highest BCUT2D eigenvalue weighted by Crippen LogP contribution is 2.17. The van der Waals surface area contributed by atoms with Gasteiger partial charge in [-0.1, -0.05) is 25.1 Å². The van der Waals surface area contributed by atoms with E-state index in [4.69, 9.17) is 0 Å². The van der Waals surface area contributed by atoms with Crippen LogP contribution in [0.3, 0.4) is 0 Å². The Hall–Kier alpha value is -2.37. The molecule has 6 heteroatoms. The monoisotopic (exact) mass is 331 g/mol. The van der Waals surface area contributed by atoms with E-state index in [1.54, 1.807) is 24.3 Å². The standard InChI is InChI=1S/C18H25N3O3/c1-2-15(21-12-6-9-17(21)23)10-11-19-16(22)13-20-18(24)14-7-4-3-5-8-14/h3-5,7-8,15H,2,6,9-13H2,1H3,(H,19,22)(H,20,24)/t15-/m0/s1. The van der Waals surface area contributed by atoms with E-state index >= 15 is 0 Å². The molecule has 1 atom stereocenters. The molecule has 1 aliphatic heterocycles. The van der Waals surface area contributed by atoms with Crippen LogP contribution in [0.25, 0.3) is 0 Å². The summed E-state index contributed by atoms with van der Waals surface area (Å²) in [6.07, 6.45) is 3.18. The zero-order chi connectivity index (χ0) is 17.4. The Morgan fingerprint density at radius 3 is 2.58 bits per heavy atom. The molecule has 1 heterocycles. The molecular weight excluding hydrogens is 306 g/mol. The van der Waals surface area contributed by atoms with Crippen molar-refractivity contribution in [1.29, 1.82) is 0 Å². The molecule has 1 saturated heterocycles. The van der Waals surface area contributed by atoms with Crippen LogP contribution in [-0.4, -0.2) is 48.3 Å². The first-order chi connectivity index (χ1) is 11.6. The third-order valence-corrected chi connectivity index (χ3v) is 4.27. The Morgan fingerprint density at radius 2 is 1.96 bits per heavy atom. The Kier molecular flexibility index (Phi) is 6.78. The number of amides is 3. The SMILES string of the molecule is CC[C@@H](CCNC(=O)CNC(=O)c1ccccc1)N1CCCC1=O. The van der Waals surface area contributed by atoms with Crippen molar-refractivity contribution in [3.8, 4) is 0 Å². The van der Waals surface area contributed by atoms with Gasteiger partial charge in [0.2, 0.25) is 11.8 Å². The zero-order valence-electron chi connectivity index (χ0n) is 14.1. The van der Waals surface area contributed by atoms with Gasteiger partial charge in [-0.15, -0.1) is 0 Å². The highest BCUT2D eigenvalue weighted by atomic mass is 16.2. The molecule has 24 heavy (non-hydrogen) atoms. The van der Waals surface area contributed by atoms with E-state index in [1.807, 2.05) is 11.0 Å². The third kappa shape index (κ3) is 5.08. The highest BCUT2D eigenvalue weighted by Gasteiger charge is 2.26. The van der Waals surface area contributed by atoms with E-state index in [0.29, 0.717) is 18.5 Å². The maximum atomic E-state index is 11.9. The lowest BCUT2D eigenvalue weighted by molar-refractivity contribution is -0.129. The van der Waals surface area contributed by atoms with Crippen molar-refractivity contribution in [2.75, 3.05) is 19.6 Å². The topological polar surface area (TPSA) is 78.5 Å². The fraction of sp³-hybridized carbons (Fsp3) is 0.500. The minimum Gasteiger partial charge on any atom is -0.354 e. The second-order valence-electron chi connectivity index (χ2n) is 5.94. The fourth-order valence-electron chi connectivity index (χ4n) is 2.93. The van der Waals surface area contributed by atoms with Crippen LogP contribution in [0.15, 0.2) is 30.3 Å². The van der Waals surface area contributed by atoms with Crippen molar-refractivity contribution in [2.24, 2.45) is 0 Å². The van der Waals surface area contributed by atoms with E-state index in [9.17, 15) is 14.4 Å². The van der Waals surface area contributed by atoms with Crippen molar-refractivity contribution >= 4 is 17.7 Å². The molecule has 1 aromatic carbocycles. The van der Waals surface area contributed by atoms with Crippen LogP contribution in [0.5, 0.6) is 0 Å². The molecule has 0 spiro atoms. The van der Waals surface area contributed by atoms with Gasteiger partial charge in [-0.3, -0.25) is 14.4 Å². The maximum Gasteiger partial charge on any atom is 0.251 e. The molecule has 2 N–H and O–H groups in total. The van der Waals surface area contributed by atoms with E-state index in [-0.39, 0.29) is 30.3 Å². The molecule has 3 amide bonds. The quantitative estimate of drug-likeness (QED) is 0.754. The lowest BCUT2D eigenvalue weighted by atomic mass is 10.1. The molecule has 0 radical (unpaired) electrons. The number of hydrogen-bond acceptors (Lipinski definition) is 3. The Labute approximate surface area is 142 Å². The second kappa shape index (κ2) is 9.05. The van der Waals surface area contributed by atoms with Crippen LogP contribution in [-0.2, 0) is 9.59 Å². The van der Waals surface area contributed by atoms with Gasteiger partial charge in [-0.05, 0) is 31.4 Å². The number of likely N-dealkylation sites (tertiary alicyclic amines) is 1. The van der Waals surface area contributed by atoms with Gasteiger partial charge in [-0.25, -0.2) is 0 Å². The highest BCUT2D eigenvalue weighted by molar-refractivity contribution is 5.96. The first kappa shape index (κ1) is 18.0. The predicted octanol–water partition coefficient (Wildman–Crippen LogP) is 1.32. The van der Waals surface area contributed by atoms with Crippen LogP contribution in [0.1, 0.15) is 43.0 Å². The number of rotatable bonds is 8. The first-order valence-electron chi connectivity index (χ1n) is 8.51. The molecule has 130 valence electrons. The van der Waals surface area contributed by atoms with Crippen molar-refractivity contribution in [2.45, 2.75) is 38.6 Å². The summed E-state index contributed by atoms with van der Waals surface area (Å²) in [4.78, 5) is 37.4. The van der Waals surface area contributed by atoms with Crippen LogP contribution in [0.2, 0.25) is 0 Å². The molecule has 0 bridgehead atoms. The van der Waals surface area contributed by atoms with Gasteiger partial charge < -0.3 is 15.5 Å². The van der Waals surface area contributed by atoms with Crippen LogP contribution in [0, 0.1) is 0 Å². The van der Waals surface area contributed by atoms with Crippen LogP contribution < -0.4 is 10.6 Å². The zero-order valence-corrected chi connectivity index (χ0v) is 14.1. The molecule has 1 aliphatic rings. The number of hydrogen-bond donors (Lipinski definition) is 2. The predicted molar refractivity (Wildman–Crippen MR) is 91.4 cm³/mol. The van der Waals surface area contributed by atoms with E-state index < -0.39 is 0 Å². The van der Waals surface area contributed by atoms with Gasteiger partial charge in [0.15, 0.2) is 0 Å². The first-order valence-corrected chi connectivity index (χ1v) is 8.51. The Balaban J connectivity index is 1.67. The third-order valence-electron chi connectivity index (χ3n) is 4.27. The van der Waals surface area contributed by atoms with Crippen LogP contribution in [0.4, 0.5) is 0 Å². The van der Waals surface area contributed by atoms with Crippen LogP contribution >= 0.6 is 0 Å². The largest absolute Gasteiger partial charge is 0.354 e. The molecule has 0 aliphatic carbocycles. The molecule has 0 aromatic heterocycles. The molecule has 1 fully saturated rings. The van der Waals surface area contributed by atoms with Gasteiger partial charge in [0, 0.05) is 31.1 Å². The second-order valence-corrected chi connectivity index (χ2v) is 5.94. The number of carbonyl (C=O) groups is 3. The van der Waals surface area contributed by atoms with Gasteiger partial charge in [-0.2, -0.15) is 0 Å². The minimum atomic E-state index is -0.264. The molecule has 6 nitrogen and oxygen atoms in total. The van der Waals surface area contributed by atoms with E-state index in [1.165, 1.54) is 0 Å². The summed E-state index contributed by atoms with van der Waals surface area (Å²) in [6.45, 7) is 3.33. The fourth-order valence-corrected chi connectivity index (χ4v) is 2.93. The summed E-state index contributed by atoms with van der Waals surface area (Å²) in [5, 5.41) is 5.40. The minimum absolute atomic E-state index is 0.0484. The van der Waals surface area contributed by atoms with Crippen molar-refractivity contribution in [3.63, 3.8) is 0 Å². The molecule has 0 saturated carbocycles. The van der Waals surface area contributed by atoms with Crippen molar-refractivity contribution < 1.29 is 14.4 Å². The number of benzene rings is 1. The Bertz CT molecular complexity index is 574. The lowest BCUT2D eigenvalue weighted by Crippen LogP contribution is -2.41. The van der Waals surface area contributed by atoms with E-state index in [0.717, 1.165) is 25.8 Å². The summed E-state index contributed by atoms with van der Waals surface area (Å²) >= 11 is 0. The average molecular weight is 331 g/mol. The average Bonchev–Trinajstić information content (AvgIpc) is 3.03. The molecule has 0 unspecified atom stereocenters. The Morgan fingerprint density at radius 1 is 1.21 bits per heavy atom. The molecular formula is C18H25N3O3. The summed E-state index contributed by atoms with van der Waals surface area (Å²) in [6, 6.07) is 8.97. The van der Waals surface area contributed by atoms with Gasteiger partial charge in [0.1, 0.15) is 0 Å². The number of nitrogens with one attached hydrogen (secondary N) is 2. The summed E-state index contributed by atoms with van der Waals surface area (Å²) in [5.41, 5.74) is 0.531. The summed E-state index contributed by atoms with van der Waals surface area (Å²) < 4.78 is 0. The number of carbonyl (C=O) groups excluding carboxylic acids is 3.